The van der Waals surface area contributed by atoms with E-state index in [0.29, 0.717) is 40.1 Å². The van der Waals surface area contributed by atoms with Gasteiger partial charge in [0, 0.05) is 29.6 Å². The van der Waals surface area contributed by atoms with Gasteiger partial charge in [-0.05, 0) is 43.2 Å². The fourth-order valence-electron chi connectivity index (χ4n) is 3.48. The van der Waals surface area contributed by atoms with Crippen LogP contribution in [0.5, 0.6) is 5.75 Å². The van der Waals surface area contributed by atoms with Gasteiger partial charge >= 0.3 is 6.03 Å². The normalized spacial score (nSPS) is 16.4. The number of amides is 2. The van der Waals surface area contributed by atoms with Crippen molar-refractivity contribution in [2.75, 3.05) is 25.5 Å². The summed E-state index contributed by atoms with van der Waals surface area (Å²) >= 11 is 7.42. The summed E-state index contributed by atoms with van der Waals surface area (Å²) in [4.78, 5) is 14.6. The lowest BCUT2D eigenvalue weighted by Crippen LogP contribution is -2.41. The van der Waals surface area contributed by atoms with E-state index in [9.17, 15) is 9.18 Å². The van der Waals surface area contributed by atoms with Crippen molar-refractivity contribution in [1.82, 2.24) is 15.1 Å². The minimum Gasteiger partial charge on any atom is -0.495 e. The van der Waals surface area contributed by atoms with Crippen LogP contribution < -0.4 is 10.1 Å². The molecule has 0 spiro atoms. The van der Waals surface area contributed by atoms with Crippen molar-refractivity contribution in [1.29, 1.82) is 0 Å². The number of carbonyl (C=O) groups is 1. The molecule has 4 rings (SSSR count). The second-order valence-corrected chi connectivity index (χ2v) is 8.43. The van der Waals surface area contributed by atoms with E-state index in [2.05, 4.69) is 15.5 Å². The van der Waals surface area contributed by atoms with E-state index in [0.717, 1.165) is 17.8 Å². The van der Waals surface area contributed by atoms with Crippen molar-refractivity contribution >= 4 is 34.7 Å². The van der Waals surface area contributed by atoms with Crippen LogP contribution in [0.25, 0.3) is 10.6 Å². The number of likely N-dealkylation sites (tertiary alicyclic amines) is 1. The van der Waals surface area contributed by atoms with Gasteiger partial charge in [-0.2, -0.15) is 0 Å². The first kappa shape index (κ1) is 20.6. The number of methoxy groups -OCH3 is 1. The molecule has 6 nitrogen and oxygen atoms in total. The van der Waals surface area contributed by atoms with E-state index in [-0.39, 0.29) is 17.8 Å². The first-order valence-electron chi connectivity index (χ1n) is 9.53. The van der Waals surface area contributed by atoms with Crippen molar-refractivity contribution in [2.45, 2.75) is 18.8 Å². The molecule has 1 saturated heterocycles. The Labute approximate surface area is 182 Å². The van der Waals surface area contributed by atoms with Crippen LogP contribution in [0.15, 0.2) is 42.5 Å². The molecule has 3 aromatic rings. The SMILES string of the molecule is COc1ccc(Cl)cc1NC(=O)N1CCCC(c2nnc(-c3ccccc3F)s2)C1. The predicted octanol–water partition coefficient (Wildman–Crippen LogP) is 5.42. The maximum atomic E-state index is 14.1. The largest absolute Gasteiger partial charge is 0.495 e. The fourth-order valence-corrected chi connectivity index (χ4v) is 4.65. The van der Waals surface area contributed by atoms with Crippen molar-refractivity contribution < 1.29 is 13.9 Å². The standard InChI is InChI=1S/C21H20ClFN4O2S/c1-29-18-9-8-14(22)11-17(18)24-21(28)27-10-4-5-13(12-27)19-25-26-20(30-19)15-6-2-3-7-16(15)23/h2-3,6-9,11,13H,4-5,10,12H2,1H3,(H,24,28). The maximum absolute atomic E-state index is 14.1. The lowest BCUT2D eigenvalue weighted by atomic mass is 9.99. The number of piperidine rings is 1. The highest BCUT2D eigenvalue weighted by atomic mass is 35.5. The van der Waals surface area contributed by atoms with Crippen molar-refractivity contribution in [3.8, 4) is 16.3 Å². The third-order valence-electron chi connectivity index (χ3n) is 5.01. The third kappa shape index (κ3) is 4.39. The first-order valence-corrected chi connectivity index (χ1v) is 10.7. The van der Waals surface area contributed by atoms with Crippen LogP contribution in [0.3, 0.4) is 0 Å². The van der Waals surface area contributed by atoms with Gasteiger partial charge in [0.15, 0.2) is 5.01 Å². The smallest absolute Gasteiger partial charge is 0.321 e. The number of carbonyl (C=O) groups excluding carboxylic acids is 1. The van der Waals surface area contributed by atoms with Crippen molar-refractivity contribution in [3.63, 3.8) is 0 Å². The lowest BCUT2D eigenvalue weighted by molar-refractivity contribution is 0.192. The Morgan fingerprint density at radius 3 is 2.93 bits per heavy atom. The molecule has 0 saturated carbocycles. The molecule has 1 aromatic heterocycles. The predicted molar refractivity (Wildman–Crippen MR) is 116 cm³/mol. The molecule has 156 valence electrons. The number of nitrogens with one attached hydrogen (secondary N) is 1. The van der Waals surface area contributed by atoms with Crippen molar-refractivity contribution in [3.05, 3.63) is 58.3 Å². The number of halogens is 2. The molecule has 1 N–H and O–H groups in total. The summed E-state index contributed by atoms with van der Waals surface area (Å²) in [6.45, 7) is 1.16. The highest BCUT2D eigenvalue weighted by Gasteiger charge is 2.28. The topological polar surface area (TPSA) is 67.3 Å². The van der Waals surface area contributed by atoms with E-state index in [1.165, 1.54) is 17.4 Å². The van der Waals surface area contributed by atoms with Gasteiger partial charge in [0.1, 0.15) is 16.6 Å². The fraction of sp³-hybridized carbons (Fsp3) is 0.286. The van der Waals surface area contributed by atoms with E-state index in [4.69, 9.17) is 16.3 Å². The zero-order valence-electron chi connectivity index (χ0n) is 16.3. The quantitative estimate of drug-likeness (QED) is 0.581. The van der Waals surface area contributed by atoms with Crippen LogP contribution in [0.2, 0.25) is 5.02 Å². The first-order chi connectivity index (χ1) is 14.5. The molecule has 0 radical (unpaired) electrons. The average molecular weight is 447 g/mol. The summed E-state index contributed by atoms with van der Waals surface area (Å²) in [6, 6.07) is 11.4. The molecule has 2 amide bonds. The van der Waals surface area contributed by atoms with Crippen LogP contribution >= 0.6 is 22.9 Å². The van der Waals surface area contributed by atoms with E-state index < -0.39 is 0 Å². The Balaban J connectivity index is 1.47. The van der Waals surface area contributed by atoms with Crippen LogP contribution in [-0.4, -0.2) is 41.3 Å². The number of ether oxygens (including phenoxy) is 1. The van der Waals surface area contributed by atoms with Crippen LogP contribution in [-0.2, 0) is 0 Å². The molecule has 1 atom stereocenters. The van der Waals surface area contributed by atoms with Gasteiger partial charge in [-0.25, -0.2) is 9.18 Å². The second-order valence-electron chi connectivity index (χ2n) is 6.99. The van der Waals surface area contributed by atoms with E-state index in [1.807, 2.05) is 0 Å². The van der Waals surface area contributed by atoms with E-state index >= 15 is 0 Å². The molecule has 0 aliphatic carbocycles. The molecular weight excluding hydrogens is 427 g/mol. The summed E-state index contributed by atoms with van der Waals surface area (Å²) in [5.41, 5.74) is 0.967. The summed E-state index contributed by atoms with van der Waals surface area (Å²) in [5.74, 6) is 0.282. The second kappa shape index (κ2) is 8.97. The number of rotatable bonds is 4. The molecule has 30 heavy (non-hydrogen) atoms. The van der Waals surface area contributed by atoms with Crippen molar-refractivity contribution in [2.24, 2.45) is 0 Å². The monoisotopic (exact) mass is 446 g/mol. The number of benzene rings is 2. The molecule has 2 heterocycles. The Hall–Kier alpha value is -2.71. The number of nitrogens with zero attached hydrogens (tertiary/aromatic N) is 3. The number of urea groups is 1. The molecule has 1 aliphatic rings. The van der Waals surface area contributed by atoms with Crippen LogP contribution in [0, 0.1) is 5.82 Å². The Morgan fingerprint density at radius 2 is 2.13 bits per heavy atom. The number of hydrogen-bond acceptors (Lipinski definition) is 5. The zero-order chi connectivity index (χ0) is 21.1. The van der Waals surface area contributed by atoms with Gasteiger partial charge in [-0.3, -0.25) is 0 Å². The molecule has 2 aromatic carbocycles. The summed E-state index contributed by atoms with van der Waals surface area (Å²) in [6.07, 6.45) is 1.75. The Kier molecular flexibility index (Phi) is 6.15. The minimum absolute atomic E-state index is 0.0591. The summed E-state index contributed by atoms with van der Waals surface area (Å²) < 4.78 is 19.3. The molecule has 1 fully saturated rings. The third-order valence-corrected chi connectivity index (χ3v) is 6.36. The number of aromatic nitrogens is 2. The molecule has 9 heteroatoms. The molecule has 1 aliphatic heterocycles. The Bertz CT molecular complexity index is 1060. The molecule has 1 unspecified atom stereocenters. The average Bonchev–Trinajstić information content (AvgIpc) is 3.24. The zero-order valence-corrected chi connectivity index (χ0v) is 17.8. The van der Waals surface area contributed by atoms with Gasteiger partial charge in [-0.1, -0.05) is 35.1 Å². The lowest BCUT2D eigenvalue weighted by Gasteiger charge is -2.31. The van der Waals surface area contributed by atoms with Gasteiger partial charge in [-0.15, -0.1) is 10.2 Å². The minimum atomic E-state index is -0.319. The maximum Gasteiger partial charge on any atom is 0.321 e. The number of anilines is 1. The van der Waals surface area contributed by atoms with Crippen LogP contribution in [0.1, 0.15) is 23.8 Å². The highest BCUT2D eigenvalue weighted by molar-refractivity contribution is 7.14. The van der Waals surface area contributed by atoms with Gasteiger partial charge in [0.2, 0.25) is 0 Å². The Morgan fingerprint density at radius 1 is 1.30 bits per heavy atom. The van der Waals surface area contributed by atoms with Gasteiger partial charge in [0.25, 0.3) is 0 Å². The molecule has 0 bridgehead atoms. The summed E-state index contributed by atoms with van der Waals surface area (Å²) in [7, 11) is 1.54. The van der Waals surface area contributed by atoms with Gasteiger partial charge < -0.3 is 15.0 Å². The summed E-state index contributed by atoms with van der Waals surface area (Å²) in [5, 5.41) is 13.2. The highest BCUT2D eigenvalue weighted by Crippen LogP contribution is 2.34. The van der Waals surface area contributed by atoms with Gasteiger partial charge in [0.05, 0.1) is 12.8 Å². The van der Waals surface area contributed by atoms with Crippen LogP contribution in [0.4, 0.5) is 14.9 Å². The number of hydrogen-bond donors (Lipinski definition) is 1. The van der Waals surface area contributed by atoms with E-state index in [1.54, 1.807) is 48.4 Å². The molecular formula is C21H20ClFN4O2S.